The lowest BCUT2D eigenvalue weighted by Crippen LogP contribution is -2.45. The molecule has 0 radical (unpaired) electrons. The predicted octanol–water partition coefficient (Wildman–Crippen LogP) is 5.55. The van der Waals surface area contributed by atoms with Gasteiger partial charge in [-0.2, -0.15) is 0 Å². The maximum Gasteiger partial charge on any atom is 0.264 e. The second kappa shape index (κ2) is 10.6. The van der Waals surface area contributed by atoms with Gasteiger partial charge < -0.3 is 5.32 Å². The SMILES string of the molecule is CC(CC(C)(C)c1ccccc1)NC(=O)CN(c1ccc(F)c(Cl)c1)S(=O)(=O)c1ccccc1. The molecule has 3 rings (SSSR count). The minimum atomic E-state index is -4.10. The second-order valence-corrected chi connectivity index (χ2v) is 11.1. The normalized spacial score (nSPS) is 12.7. The minimum Gasteiger partial charge on any atom is -0.352 e. The number of benzene rings is 3. The third kappa shape index (κ3) is 6.15. The lowest BCUT2D eigenvalue weighted by atomic mass is 9.79. The summed E-state index contributed by atoms with van der Waals surface area (Å²) in [5.41, 5.74) is 1.04. The molecule has 0 aliphatic carbocycles. The highest BCUT2D eigenvalue weighted by Crippen LogP contribution is 2.29. The molecule has 1 atom stereocenters. The number of amides is 1. The van der Waals surface area contributed by atoms with Crippen LogP contribution in [0.1, 0.15) is 32.8 Å². The largest absolute Gasteiger partial charge is 0.352 e. The minimum absolute atomic E-state index is 0.0153. The number of halogens is 2. The number of hydrogen-bond acceptors (Lipinski definition) is 3. The summed E-state index contributed by atoms with van der Waals surface area (Å²) in [6, 6.07) is 21.1. The third-order valence-electron chi connectivity index (χ3n) is 5.59. The van der Waals surface area contributed by atoms with E-state index >= 15 is 0 Å². The van der Waals surface area contributed by atoms with Gasteiger partial charge in [-0.25, -0.2) is 12.8 Å². The highest BCUT2D eigenvalue weighted by atomic mass is 35.5. The molecule has 1 N–H and O–H groups in total. The summed E-state index contributed by atoms with van der Waals surface area (Å²) in [5.74, 6) is -1.15. The van der Waals surface area contributed by atoms with Crippen molar-refractivity contribution in [2.24, 2.45) is 0 Å². The van der Waals surface area contributed by atoms with Crippen molar-refractivity contribution in [3.05, 3.63) is 95.3 Å². The molecule has 0 spiro atoms. The van der Waals surface area contributed by atoms with E-state index in [1.165, 1.54) is 24.3 Å². The zero-order valence-electron chi connectivity index (χ0n) is 19.3. The lowest BCUT2D eigenvalue weighted by molar-refractivity contribution is -0.120. The molecular formula is C26H28ClFN2O3S. The van der Waals surface area contributed by atoms with Crippen molar-refractivity contribution >= 4 is 33.2 Å². The van der Waals surface area contributed by atoms with Crippen LogP contribution >= 0.6 is 11.6 Å². The summed E-state index contributed by atoms with van der Waals surface area (Å²) in [4.78, 5) is 13.0. The van der Waals surface area contributed by atoms with Crippen LogP contribution in [-0.4, -0.2) is 26.9 Å². The van der Waals surface area contributed by atoms with Crippen molar-refractivity contribution < 1.29 is 17.6 Å². The topological polar surface area (TPSA) is 66.5 Å². The molecule has 3 aromatic carbocycles. The van der Waals surface area contributed by atoms with Gasteiger partial charge in [-0.15, -0.1) is 0 Å². The molecule has 0 saturated heterocycles. The molecule has 0 heterocycles. The standard InChI is InChI=1S/C26H28ClFN2O3S/c1-19(17-26(2,3)20-10-6-4-7-11-20)29-25(31)18-30(21-14-15-24(28)23(27)16-21)34(32,33)22-12-8-5-9-13-22/h4-16,19H,17-18H2,1-3H3,(H,29,31). The van der Waals surface area contributed by atoms with E-state index in [4.69, 9.17) is 11.6 Å². The zero-order valence-corrected chi connectivity index (χ0v) is 20.9. The molecule has 0 saturated carbocycles. The first kappa shape index (κ1) is 25.7. The molecular weight excluding hydrogens is 475 g/mol. The lowest BCUT2D eigenvalue weighted by Gasteiger charge is -2.30. The Morgan fingerprint density at radius 2 is 1.62 bits per heavy atom. The van der Waals surface area contributed by atoms with E-state index in [2.05, 4.69) is 19.2 Å². The van der Waals surface area contributed by atoms with Crippen molar-refractivity contribution in [2.75, 3.05) is 10.8 Å². The maximum absolute atomic E-state index is 13.7. The number of anilines is 1. The van der Waals surface area contributed by atoms with Gasteiger partial charge in [-0.1, -0.05) is 74.0 Å². The molecule has 0 aromatic heterocycles. The summed E-state index contributed by atoms with van der Waals surface area (Å²) in [6.07, 6.45) is 0.649. The molecule has 180 valence electrons. The maximum atomic E-state index is 13.7. The quantitative estimate of drug-likeness (QED) is 0.417. The fraction of sp³-hybridized carbons (Fsp3) is 0.269. The Bertz CT molecular complexity index is 1240. The van der Waals surface area contributed by atoms with Crippen LogP contribution < -0.4 is 9.62 Å². The van der Waals surface area contributed by atoms with Crippen LogP contribution in [0.3, 0.4) is 0 Å². The summed E-state index contributed by atoms with van der Waals surface area (Å²) >= 11 is 5.91. The van der Waals surface area contributed by atoms with Crippen LogP contribution in [0, 0.1) is 5.82 Å². The van der Waals surface area contributed by atoms with Gasteiger partial charge >= 0.3 is 0 Å². The molecule has 8 heteroatoms. The van der Waals surface area contributed by atoms with Gasteiger partial charge in [0, 0.05) is 6.04 Å². The molecule has 1 unspecified atom stereocenters. The van der Waals surface area contributed by atoms with Gasteiger partial charge in [-0.3, -0.25) is 9.10 Å². The highest BCUT2D eigenvalue weighted by Gasteiger charge is 2.29. The van der Waals surface area contributed by atoms with Gasteiger partial charge in [0.15, 0.2) is 0 Å². The molecule has 0 bridgehead atoms. The monoisotopic (exact) mass is 502 g/mol. The van der Waals surface area contributed by atoms with E-state index < -0.39 is 28.3 Å². The van der Waals surface area contributed by atoms with Gasteiger partial charge in [0.2, 0.25) is 5.91 Å². The van der Waals surface area contributed by atoms with Crippen LogP contribution in [0.4, 0.5) is 10.1 Å². The Labute approximate surface area is 205 Å². The summed E-state index contributed by atoms with van der Waals surface area (Å²) in [6.45, 7) is 5.60. The van der Waals surface area contributed by atoms with E-state index in [1.807, 2.05) is 37.3 Å². The van der Waals surface area contributed by atoms with E-state index in [9.17, 15) is 17.6 Å². The van der Waals surface area contributed by atoms with Crippen LogP contribution in [0.5, 0.6) is 0 Å². The van der Waals surface area contributed by atoms with E-state index in [1.54, 1.807) is 18.2 Å². The van der Waals surface area contributed by atoms with E-state index in [0.29, 0.717) is 6.42 Å². The fourth-order valence-electron chi connectivity index (χ4n) is 3.95. The van der Waals surface area contributed by atoms with Gasteiger partial charge in [-0.05, 0) is 54.7 Å². The number of nitrogens with one attached hydrogen (secondary N) is 1. The number of carbonyl (C=O) groups is 1. The van der Waals surface area contributed by atoms with E-state index in [-0.39, 0.29) is 27.1 Å². The summed E-state index contributed by atoms with van der Waals surface area (Å²) in [7, 11) is -4.10. The van der Waals surface area contributed by atoms with Crippen LogP contribution in [-0.2, 0) is 20.2 Å². The molecule has 1 amide bonds. The number of carbonyl (C=O) groups excluding carboxylic acids is 1. The summed E-state index contributed by atoms with van der Waals surface area (Å²) < 4.78 is 41.4. The third-order valence-corrected chi connectivity index (χ3v) is 7.67. The van der Waals surface area contributed by atoms with Crippen molar-refractivity contribution in [3.8, 4) is 0 Å². The Hall–Kier alpha value is -2.90. The number of rotatable bonds is 9. The zero-order chi connectivity index (χ0) is 24.9. The van der Waals surface area contributed by atoms with Crippen molar-refractivity contribution in [3.63, 3.8) is 0 Å². The Morgan fingerprint density at radius 1 is 1.03 bits per heavy atom. The fourth-order valence-corrected chi connectivity index (χ4v) is 5.56. The van der Waals surface area contributed by atoms with Crippen molar-refractivity contribution in [2.45, 2.75) is 43.5 Å². The first-order chi connectivity index (χ1) is 16.0. The smallest absolute Gasteiger partial charge is 0.264 e. The average Bonchev–Trinajstić information content (AvgIpc) is 2.80. The second-order valence-electron chi connectivity index (χ2n) is 8.85. The number of hydrogen-bond donors (Lipinski definition) is 1. The number of nitrogens with zero attached hydrogens (tertiary/aromatic N) is 1. The van der Waals surface area contributed by atoms with Gasteiger partial charge in [0.05, 0.1) is 15.6 Å². The molecule has 0 aliphatic rings. The molecule has 0 aliphatic heterocycles. The summed E-state index contributed by atoms with van der Waals surface area (Å²) in [5, 5.41) is 2.67. The Balaban J connectivity index is 1.82. The molecule has 3 aromatic rings. The highest BCUT2D eigenvalue weighted by molar-refractivity contribution is 7.92. The van der Waals surface area contributed by atoms with Gasteiger partial charge in [0.25, 0.3) is 10.0 Å². The Kier molecular flexibility index (Phi) is 8.00. The van der Waals surface area contributed by atoms with Crippen molar-refractivity contribution in [1.82, 2.24) is 5.32 Å². The molecule has 34 heavy (non-hydrogen) atoms. The van der Waals surface area contributed by atoms with Crippen LogP contribution in [0.2, 0.25) is 5.02 Å². The predicted molar refractivity (Wildman–Crippen MR) is 134 cm³/mol. The number of sulfonamides is 1. The molecule has 5 nitrogen and oxygen atoms in total. The van der Waals surface area contributed by atoms with Crippen molar-refractivity contribution in [1.29, 1.82) is 0 Å². The van der Waals surface area contributed by atoms with Gasteiger partial charge in [0.1, 0.15) is 12.4 Å². The van der Waals surface area contributed by atoms with E-state index in [0.717, 1.165) is 15.9 Å². The Morgan fingerprint density at radius 3 is 2.21 bits per heavy atom. The first-order valence-corrected chi connectivity index (χ1v) is 12.7. The average molecular weight is 503 g/mol. The van der Waals surface area contributed by atoms with Crippen LogP contribution in [0.15, 0.2) is 83.8 Å². The first-order valence-electron chi connectivity index (χ1n) is 10.9. The molecule has 0 fully saturated rings. The van der Waals surface area contributed by atoms with Crippen LogP contribution in [0.25, 0.3) is 0 Å².